The first-order chi connectivity index (χ1) is 6.68. The summed E-state index contributed by atoms with van der Waals surface area (Å²) in [5, 5.41) is 13.6. The van der Waals surface area contributed by atoms with Gasteiger partial charge in [0.25, 0.3) is 0 Å². The second-order valence-electron chi connectivity index (χ2n) is 3.81. The Labute approximate surface area is 88.9 Å². The highest BCUT2D eigenvalue weighted by molar-refractivity contribution is 6.32. The van der Waals surface area contributed by atoms with E-state index < -0.39 is 0 Å². The Morgan fingerprint density at radius 1 is 1.50 bits per heavy atom. The van der Waals surface area contributed by atoms with E-state index in [0.29, 0.717) is 11.8 Å². The molecule has 1 aliphatic heterocycles. The number of phenols is 1. The molecule has 1 aromatic rings. The lowest BCUT2D eigenvalue weighted by atomic mass is 10.0. The van der Waals surface area contributed by atoms with Crippen LogP contribution in [-0.2, 0) is 0 Å². The van der Waals surface area contributed by atoms with Crippen LogP contribution < -0.4 is 5.32 Å². The van der Waals surface area contributed by atoms with Crippen molar-refractivity contribution in [3.8, 4) is 5.75 Å². The molecule has 2 rings (SSSR count). The zero-order valence-corrected chi connectivity index (χ0v) is 8.93. The summed E-state index contributed by atoms with van der Waals surface area (Å²) in [6, 6.07) is 3.77. The average molecular weight is 212 g/mol. The van der Waals surface area contributed by atoms with Crippen LogP contribution in [0.1, 0.15) is 30.0 Å². The zero-order valence-electron chi connectivity index (χ0n) is 8.18. The molecule has 1 fully saturated rings. The Morgan fingerprint density at radius 2 is 2.29 bits per heavy atom. The largest absolute Gasteiger partial charge is 0.508 e. The van der Waals surface area contributed by atoms with Crippen LogP contribution in [0.2, 0.25) is 5.02 Å². The number of aryl methyl sites for hydroxylation is 1. The molecule has 1 heterocycles. The van der Waals surface area contributed by atoms with Crippen LogP contribution >= 0.6 is 11.6 Å². The number of halogens is 1. The van der Waals surface area contributed by atoms with Gasteiger partial charge in [-0.05, 0) is 49.6 Å². The molecule has 0 aliphatic carbocycles. The molecule has 0 saturated carbocycles. The molecule has 76 valence electrons. The molecular formula is C11H14ClNO. The number of hydrogen-bond donors (Lipinski definition) is 2. The van der Waals surface area contributed by atoms with E-state index in [9.17, 15) is 5.11 Å². The molecule has 14 heavy (non-hydrogen) atoms. The van der Waals surface area contributed by atoms with Crippen LogP contribution in [0.15, 0.2) is 12.1 Å². The maximum absolute atomic E-state index is 9.49. The fourth-order valence-electron chi connectivity index (χ4n) is 1.98. The molecule has 0 radical (unpaired) electrons. The van der Waals surface area contributed by atoms with E-state index in [1.807, 2.05) is 6.92 Å². The van der Waals surface area contributed by atoms with Crippen LogP contribution in [-0.4, -0.2) is 11.7 Å². The number of nitrogens with one attached hydrogen (secondary N) is 1. The van der Waals surface area contributed by atoms with Crippen molar-refractivity contribution in [2.45, 2.75) is 25.8 Å². The van der Waals surface area contributed by atoms with Crippen LogP contribution in [0.3, 0.4) is 0 Å². The molecule has 0 amide bonds. The summed E-state index contributed by atoms with van der Waals surface area (Å²) in [7, 11) is 0. The average Bonchev–Trinajstić information content (AvgIpc) is 2.63. The summed E-state index contributed by atoms with van der Waals surface area (Å²) < 4.78 is 0. The molecule has 0 bridgehead atoms. The van der Waals surface area contributed by atoms with Gasteiger partial charge in [-0.25, -0.2) is 0 Å². The van der Waals surface area contributed by atoms with E-state index >= 15 is 0 Å². The number of rotatable bonds is 1. The summed E-state index contributed by atoms with van der Waals surface area (Å²) in [6.07, 6.45) is 2.28. The Bertz CT molecular complexity index is 345. The van der Waals surface area contributed by atoms with Crippen molar-refractivity contribution in [2.75, 3.05) is 6.54 Å². The molecule has 1 unspecified atom stereocenters. The number of phenolic OH excluding ortho intramolecular Hbond substituents is 1. The highest BCUT2D eigenvalue weighted by Crippen LogP contribution is 2.34. The third kappa shape index (κ3) is 1.72. The molecule has 0 spiro atoms. The lowest BCUT2D eigenvalue weighted by Crippen LogP contribution is -2.13. The van der Waals surface area contributed by atoms with E-state index in [4.69, 9.17) is 11.6 Å². The van der Waals surface area contributed by atoms with E-state index in [-0.39, 0.29) is 0 Å². The van der Waals surface area contributed by atoms with Gasteiger partial charge < -0.3 is 10.4 Å². The van der Waals surface area contributed by atoms with E-state index in [1.54, 1.807) is 12.1 Å². The minimum atomic E-state index is 0.301. The maximum Gasteiger partial charge on any atom is 0.116 e. The monoisotopic (exact) mass is 211 g/mol. The van der Waals surface area contributed by atoms with Crippen molar-refractivity contribution in [1.82, 2.24) is 5.32 Å². The molecular weight excluding hydrogens is 198 g/mol. The van der Waals surface area contributed by atoms with Crippen molar-refractivity contribution in [3.63, 3.8) is 0 Å². The number of hydrogen-bond acceptors (Lipinski definition) is 2. The fraction of sp³-hybridized carbons (Fsp3) is 0.455. The SMILES string of the molecule is Cc1cc(O)cc(C2CCCN2)c1Cl. The van der Waals surface area contributed by atoms with Crippen molar-refractivity contribution in [3.05, 3.63) is 28.3 Å². The van der Waals surface area contributed by atoms with Gasteiger partial charge in [-0.2, -0.15) is 0 Å². The fourth-order valence-corrected chi connectivity index (χ4v) is 2.22. The topological polar surface area (TPSA) is 32.3 Å². The second kappa shape index (κ2) is 3.79. The van der Waals surface area contributed by atoms with Gasteiger partial charge in [-0.15, -0.1) is 0 Å². The minimum Gasteiger partial charge on any atom is -0.508 e. The van der Waals surface area contributed by atoms with Gasteiger partial charge in [-0.3, -0.25) is 0 Å². The molecule has 0 aromatic heterocycles. The maximum atomic E-state index is 9.49. The molecule has 2 nitrogen and oxygen atoms in total. The summed E-state index contributed by atoms with van der Waals surface area (Å²) in [4.78, 5) is 0. The first-order valence-electron chi connectivity index (χ1n) is 4.91. The van der Waals surface area contributed by atoms with Crippen LogP contribution in [0.5, 0.6) is 5.75 Å². The first-order valence-corrected chi connectivity index (χ1v) is 5.28. The Balaban J connectivity index is 2.40. The first kappa shape index (κ1) is 9.81. The summed E-state index contributed by atoms with van der Waals surface area (Å²) >= 11 is 6.19. The molecule has 3 heteroatoms. The highest BCUT2D eigenvalue weighted by atomic mass is 35.5. The van der Waals surface area contributed by atoms with E-state index in [1.165, 1.54) is 6.42 Å². The van der Waals surface area contributed by atoms with Crippen LogP contribution in [0.4, 0.5) is 0 Å². The predicted octanol–water partition coefficient (Wildman–Crippen LogP) is 2.78. The lowest BCUT2D eigenvalue weighted by molar-refractivity contribution is 0.472. The molecule has 1 saturated heterocycles. The highest BCUT2D eigenvalue weighted by Gasteiger charge is 2.20. The molecule has 1 atom stereocenters. The summed E-state index contributed by atoms with van der Waals surface area (Å²) in [6.45, 7) is 2.95. The van der Waals surface area contributed by atoms with Crippen molar-refractivity contribution in [2.24, 2.45) is 0 Å². The zero-order chi connectivity index (χ0) is 10.1. The van der Waals surface area contributed by atoms with Gasteiger partial charge in [0.05, 0.1) is 0 Å². The van der Waals surface area contributed by atoms with E-state index in [0.717, 1.165) is 29.1 Å². The van der Waals surface area contributed by atoms with Crippen molar-refractivity contribution in [1.29, 1.82) is 0 Å². The summed E-state index contributed by atoms with van der Waals surface area (Å²) in [5.41, 5.74) is 1.97. The number of aromatic hydroxyl groups is 1. The van der Waals surface area contributed by atoms with Crippen LogP contribution in [0.25, 0.3) is 0 Å². The van der Waals surface area contributed by atoms with Crippen molar-refractivity contribution >= 4 is 11.6 Å². The third-order valence-corrected chi connectivity index (χ3v) is 3.22. The van der Waals surface area contributed by atoms with Crippen LogP contribution in [0, 0.1) is 6.92 Å². The Kier molecular flexibility index (Phi) is 2.66. The van der Waals surface area contributed by atoms with Gasteiger partial charge in [-0.1, -0.05) is 11.6 Å². The predicted molar refractivity (Wildman–Crippen MR) is 57.8 cm³/mol. The van der Waals surface area contributed by atoms with E-state index in [2.05, 4.69) is 5.32 Å². The van der Waals surface area contributed by atoms with Gasteiger partial charge >= 0.3 is 0 Å². The quantitative estimate of drug-likeness (QED) is 0.749. The normalized spacial score (nSPS) is 21.4. The third-order valence-electron chi connectivity index (χ3n) is 2.70. The molecule has 1 aromatic carbocycles. The van der Waals surface area contributed by atoms with Gasteiger partial charge in [0.15, 0.2) is 0 Å². The van der Waals surface area contributed by atoms with Crippen molar-refractivity contribution < 1.29 is 5.11 Å². The Morgan fingerprint density at radius 3 is 2.93 bits per heavy atom. The summed E-state index contributed by atoms with van der Waals surface area (Å²) in [5.74, 6) is 0.301. The van der Waals surface area contributed by atoms with Gasteiger partial charge in [0.1, 0.15) is 5.75 Å². The molecule has 2 N–H and O–H groups in total. The second-order valence-corrected chi connectivity index (χ2v) is 4.19. The lowest BCUT2D eigenvalue weighted by Gasteiger charge is -2.14. The molecule has 1 aliphatic rings. The smallest absolute Gasteiger partial charge is 0.116 e. The minimum absolute atomic E-state index is 0.301. The Hall–Kier alpha value is -0.730. The number of benzene rings is 1. The van der Waals surface area contributed by atoms with Gasteiger partial charge in [0.2, 0.25) is 0 Å². The van der Waals surface area contributed by atoms with Gasteiger partial charge in [0, 0.05) is 11.1 Å². The standard InChI is InChI=1S/C11H14ClNO/c1-7-5-8(14)6-9(11(7)12)10-3-2-4-13-10/h5-6,10,13-14H,2-4H2,1H3.